The quantitative estimate of drug-likeness (QED) is 0.351. The van der Waals surface area contributed by atoms with E-state index in [4.69, 9.17) is 21.1 Å². The molecule has 2 bridgehead atoms. The van der Waals surface area contributed by atoms with Crippen molar-refractivity contribution in [1.29, 1.82) is 0 Å². The van der Waals surface area contributed by atoms with E-state index in [2.05, 4.69) is 13.2 Å². The lowest BCUT2D eigenvalue weighted by molar-refractivity contribution is -0.146. The number of hydrogen-bond donors (Lipinski definition) is 1. The van der Waals surface area contributed by atoms with E-state index < -0.39 is 35.0 Å². The van der Waals surface area contributed by atoms with Crippen LogP contribution < -0.4 is 14.5 Å². The first-order chi connectivity index (χ1) is 21.1. The van der Waals surface area contributed by atoms with Crippen LogP contribution in [0.4, 0.5) is 11.4 Å². The van der Waals surface area contributed by atoms with Crippen molar-refractivity contribution >= 4 is 40.7 Å². The van der Waals surface area contributed by atoms with E-state index in [0.29, 0.717) is 35.2 Å². The molecule has 44 heavy (non-hydrogen) atoms. The Morgan fingerprint density at radius 2 is 1.77 bits per heavy atom. The molecular formula is C34H40ClN3O6. The van der Waals surface area contributed by atoms with Crippen LogP contribution in [0.15, 0.2) is 73.8 Å². The average molecular weight is 622 g/mol. The summed E-state index contributed by atoms with van der Waals surface area (Å²) in [4.78, 5) is 48.1. The number of halogens is 1. The Morgan fingerprint density at radius 3 is 2.39 bits per heavy atom. The fraction of sp³-hybridized carbons (Fsp3) is 0.441. The molecule has 3 aliphatic rings. The van der Waals surface area contributed by atoms with Crippen LogP contribution in [0.5, 0.6) is 5.75 Å². The number of anilines is 2. The standard InChI is InChI=1S/C34H40ClN3O6/c1-6-17-36(23-13-15-24(16-14-23)43-8-3)30(40)27-28-31(41)38(19-20-39)29(34(28)21-22(4)33(27,5)44-34)32(42)37(18-7-2)26-12-10-9-11-25(26)35/h6-7,9-16,22,27-29,39H,1-2,8,17-21H2,3-5H3/t22?,27-,28-,29?,33+,34?/m0/s1. The lowest BCUT2D eigenvalue weighted by Crippen LogP contribution is -2.57. The SMILES string of the molecule is C=CCN(C(=O)[C@@H]1[C@H]2C(=O)N(CCO)C(C(=O)N(CC=C)c3ccccc3Cl)C23CC(C)[C@@]1(C)O3)c1ccc(OCC)cc1. The molecule has 10 heteroatoms. The van der Waals surface area contributed by atoms with E-state index in [9.17, 15) is 19.5 Å². The molecule has 3 fully saturated rings. The third-order valence-corrected chi connectivity index (χ3v) is 9.73. The van der Waals surface area contributed by atoms with Gasteiger partial charge in [-0.05, 0) is 62.6 Å². The highest BCUT2D eigenvalue weighted by Crippen LogP contribution is 2.65. The number of β-amino-alcohol motifs (C(OH)–C–C–N with tert-alkyl or cyclic N) is 1. The number of aliphatic hydroxyl groups is 1. The summed E-state index contributed by atoms with van der Waals surface area (Å²) in [5, 5.41) is 10.4. The molecule has 9 nitrogen and oxygen atoms in total. The molecule has 3 unspecified atom stereocenters. The molecule has 234 valence electrons. The number of carbonyl (C=O) groups excluding carboxylic acids is 3. The van der Waals surface area contributed by atoms with Gasteiger partial charge >= 0.3 is 0 Å². The second kappa shape index (κ2) is 12.4. The lowest BCUT2D eigenvalue weighted by Gasteiger charge is -2.39. The number of nitrogens with zero attached hydrogens (tertiary/aromatic N) is 3. The van der Waals surface area contributed by atoms with Crippen LogP contribution >= 0.6 is 11.6 Å². The van der Waals surface area contributed by atoms with Gasteiger partial charge in [-0.2, -0.15) is 0 Å². The number of likely N-dealkylation sites (tertiary alicyclic amines) is 1. The molecule has 5 rings (SSSR count). The predicted molar refractivity (Wildman–Crippen MR) is 170 cm³/mol. The first-order valence-electron chi connectivity index (χ1n) is 15.0. The number of carbonyl (C=O) groups is 3. The van der Waals surface area contributed by atoms with Gasteiger partial charge in [0.2, 0.25) is 11.8 Å². The van der Waals surface area contributed by atoms with Crippen molar-refractivity contribution < 1.29 is 29.0 Å². The molecule has 6 atom stereocenters. The van der Waals surface area contributed by atoms with Gasteiger partial charge in [0.15, 0.2) is 0 Å². The van der Waals surface area contributed by atoms with Crippen LogP contribution in [0.1, 0.15) is 27.2 Å². The third kappa shape index (κ3) is 4.91. The normalized spacial score (nSPS) is 28.5. The summed E-state index contributed by atoms with van der Waals surface area (Å²) < 4.78 is 12.4. The van der Waals surface area contributed by atoms with Crippen LogP contribution in [0.2, 0.25) is 5.02 Å². The fourth-order valence-electron chi connectivity index (χ4n) is 7.51. The molecule has 3 amide bonds. The Hall–Kier alpha value is -3.66. The number of para-hydroxylation sites is 1. The summed E-state index contributed by atoms with van der Waals surface area (Å²) in [6.07, 6.45) is 3.63. The lowest BCUT2D eigenvalue weighted by atomic mass is 9.62. The van der Waals surface area contributed by atoms with E-state index in [1.807, 2.05) is 20.8 Å². The Balaban J connectivity index is 1.59. The van der Waals surface area contributed by atoms with Crippen molar-refractivity contribution in [2.45, 2.75) is 44.4 Å². The molecular weight excluding hydrogens is 582 g/mol. The maximum Gasteiger partial charge on any atom is 0.253 e. The molecule has 0 saturated carbocycles. The topological polar surface area (TPSA) is 99.6 Å². The first-order valence-corrected chi connectivity index (χ1v) is 15.4. The van der Waals surface area contributed by atoms with Crippen molar-refractivity contribution in [3.63, 3.8) is 0 Å². The molecule has 3 heterocycles. The van der Waals surface area contributed by atoms with Crippen LogP contribution in [0, 0.1) is 17.8 Å². The minimum atomic E-state index is -1.28. The summed E-state index contributed by atoms with van der Waals surface area (Å²) >= 11 is 6.53. The molecule has 0 radical (unpaired) electrons. The highest BCUT2D eigenvalue weighted by molar-refractivity contribution is 6.34. The van der Waals surface area contributed by atoms with E-state index in [0.717, 1.165) is 0 Å². The molecule has 0 aliphatic carbocycles. The molecule has 2 aromatic rings. The number of hydrogen-bond acceptors (Lipinski definition) is 6. The highest BCUT2D eigenvalue weighted by Gasteiger charge is 2.80. The summed E-state index contributed by atoms with van der Waals surface area (Å²) in [7, 11) is 0. The summed E-state index contributed by atoms with van der Waals surface area (Å²) in [6.45, 7) is 13.9. The van der Waals surface area contributed by atoms with Crippen LogP contribution in [-0.4, -0.2) is 77.8 Å². The van der Waals surface area contributed by atoms with Crippen molar-refractivity contribution in [3.8, 4) is 5.75 Å². The van der Waals surface area contributed by atoms with Crippen molar-refractivity contribution in [2.24, 2.45) is 17.8 Å². The van der Waals surface area contributed by atoms with Crippen molar-refractivity contribution in [3.05, 3.63) is 78.9 Å². The zero-order valence-corrected chi connectivity index (χ0v) is 26.2. The van der Waals surface area contributed by atoms with Gasteiger partial charge in [-0.1, -0.05) is 42.8 Å². The number of ether oxygens (including phenoxy) is 2. The molecule has 2 aromatic carbocycles. The van der Waals surface area contributed by atoms with Crippen LogP contribution in [-0.2, 0) is 19.1 Å². The minimum absolute atomic E-state index is 0.0808. The maximum atomic E-state index is 14.6. The molecule has 3 saturated heterocycles. The molecule has 1 spiro atoms. The Kier molecular flexibility index (Phi) is 8.94. The minimum Gasteiger partial charge on any atom is -0.494 e. The van der Waals surface area contributed by atoms with E-state index in [1.165, 1.54) is 9.80 Å². The zero-order valence-electron chi connectivity index (χ0n) is 25.4. The Labute approximate surface area is 263 Å². The van der Waals surface area contributed by atoms with Crippen LogP contribution in [0.25, 0.3) is 0 Å². The van der Waals surface area contributed by atoms with E-state index in [1.54, 1.807) is 65.6 Å². The molecule has 1 N–H and O–H groups in total. The van der Waals surface area contributed by atoms with Gasteiger partial charge in [0, 0.05) is 25.3 Å². The van der Waals surface area contributed by atoms with Gasteiger partial charge < -0.3 is 29.3 Å². The summed E-state index contributed by atoms with van der Waals surface area (Å²) in [6, 6.07) is 13.1. The highest BCUT2D eigenvalue weighted by atomic mass is 35.5. The van der Waals surface area contributed by atoms with Gasteiger partial charge in [-0.25, -0.2) is 0 Å². The molecule has 3 aliphatic heterocycles. The van der Waals surface area contributed by atoms with Gasteiger partial charge in [-0.3, -0.25) is 14.4 Å². The second-order valence-electron chi connectivity index (χ2n) is 11.8. The summed E-state index contributed by atoms with van der Waals surface area (Å²) in [5.41, 5.74) is -1.19. The summed E-state index contributed by atoms with van der Waals surface area (Å²) in [5.74, 6) is -2.34. The van der Waals surface area contributed by atoms with Crippen molar-refractivity contribution in [1.82, 2.24) is 4.90 Å². The average Bonchev–Trinajstić information content (AvgIpc) is 3.52. The van der Waals surface area contributed by atoms with Gasteiger partial charge in [0.1, 0.15) is 17.4 Å². The largest absolute Gasteiger partial charge is 0.494 e. The van der Waals surface area contributed by atoms with E-state index in [-0.39, 0.29) is 44.0 Å². The number of rotatable bonds is 12. The van der Waals surface area contributed by atoms with Crippen LogP contribution in [0.3, 0.4) is 0 Å². The van der Waals surface area contributed by atoms with Gasteiger partial charge in [-0.15, -0.1) is 13.2 Å². The Morgan fingerprint density at radius 1 is 1.11 bits per heavy atom. The third-order valence-electron chi connectivity index (χ3n) is 9.41. The number of fused-ring (bicyclic) bond motifs is 1. The number of benzene rings is 2. The Bertz CT molecular complexity index is 1450. The maximum absolute atomic E-state index is 14.6. The first kappa shape index (κ1) is 31.8. The van der Waals surface area contributed by atoms with Crippen molar-refractivity contribution in [2.75, 3.05) is 42.6 Å². The van der Waals surface area contributed by atoms with Gasteiger partial charge in [0.25, 0.3) is 5.91 Å². The fourth-order valence-corrected chi connectivity index (χ4v) is 7.74. The second-order valence-corrected chi connectivity index (χ2v) is 12.2. The smallest absolute Gasteiger partial charge is 0.253 e. The predicted octanol–water partition coefficient (Wildman–Crippen LogP) is 4.48. The monoisotopic (exact) mass is 621 g/mol. The zero-order chi connectivity index (χ0) is 31.8. The number of amides is 3. The molecule has 0 aromatic heterocycles. The van der Waals surface area contributed by atoms with Gasteiger partial charge in [0.05, 0.1) is 41.4 Å². The number of aliphatic hydroxyl groups excluding tert-OH is 1. The van der Waals surface area contributed by atoms with E-state index >= 15 is 0 Å².